The molecule has 16 atom stereocenters. The Morgan fingerprint density at radius 3 is 1.74 bits per heavy atom. The molecule has 0 spiro atoms. The molecule has 2 unspecified atom stereocenters. The van der Waals surface area contributed by atoms with Gasteiger partial charge in [-0.2, -0.15) is 0 Å². The first-order valence-electron chi connectivity index (χ1n) is 20.4. The number of allylic oxidation sites excluding steroid dienone is 2. The van der Waals surface area contributed by atoms with Crippen LogP contribution in [0.1, 0.15) is 151 Å². The average molecular weight is 637 g/mol. The van der Waals surface area contributed by atoms with Gasteiger partial charge in [0, 0.05) is 12.1 Å². The standard InChI is InChI=1S/C21H37NO.C21H35N.CH4/c1-13(23)19-8-9-20-18-6-4-14-12-15(22-3)5-7-16(14)17(18)10-11-21(19,20)2;1-4-15-6-10-20-19-8-5-14-13-16(22-3)7-9-17(14)18(19)11-12-21(15,20)2;/h13-20,22-23H,4-12H2,1-3H3;4,14,16-20,22H,5-13H2,1-3H3;1H4/t13?,14-,15-,16+,17-,18-,19?,20+,21-;14-,16-,17+,18-,19-,20+,21-;/m11./s1. The number of fused-ring (bicyclic) bond motifs is 10. The number of nitrogens with one attached hydrogen (secondary N) is 2. The summed E-state index contributed by atoms with van der Waals surface area (Å²) in [4.78, 5) is 0. The van der Waals surface area contributed by atoms with Crippen LogP contribution in [0.2, 0.25) is 0 Å². The van der Waals surface area contributed by atoms with E-state index in [1.807, 2.05) is 6.92 Å². The molecule has 0 aromatic heterocycles. The van der Waals surface area contributed by atoms with E-state index in [-0.39, 0.29) is 13.5 Å². The van der Waals surface area contributed by atoms with E-state index in [1.165, 1.54) is 109 Å². The predicted octanol–water partition coefficient (Wildman–Crippen LogP) is 10.0. The Morgan fingerprint density at radius 1 is 0.652 bits per heavy atom. The molecule has 3 N–H and O–H groups in total. The summed E-state index contributed by atoms with van der Waals surface area (Å²) in [5.41, 5.74) is 2.81. The van der Waals surface area contributed by atoms with E-state index in [9.17, 15) is 5.11 Å². The third-order valence-corrected chi connectivity index (χ3v) is 17.6. The fourth-order valence-corrected chi connectivity index (χ4v) is 15.4. The Hall–Kier alpha value is -0.380. The molecule has 8 aliphatic carbocycles. The van der Waals surface area contributed by atoms with Crippen molar-refractivity contribution < 1.29 is 5.11 Å². The van der Waals surface area contributed by atoms with Gasteiger partial charge < -0.3 is 15.7 Å². The van der Waals surface area contributed by atoms with E-state index >= 15 is 0 Å². The van der Waals surface area contributed by atoms with E-state index in [4.69, 9.17) is 0 Å². The maximum atomic E-state index is 10.3. The lowest BCUT2D eigenvalue weighted by Gasteiger charge is -2.56. The van der Waals surface area contributed by atoms with Crippen molar-refractivity contribution >= 4 is 0 Å². The van der Waals surface area contributed by atoms with Crippen LogP contribution in [0.5, 0.6) is 0 Å². The lowest BCUT2D eigenvalue weighted by atomic mass is 9.49. The first-order chi connectivity index (χ1) is 21.7. The highest BCUT2D eigenvalue weighted by Gasteiger charge is 2.58. The third kappa shape index (κ3) is 5.93. The first-order valence-corrected chi connectivity index (χ1v) is 20.4. The summed E-state index contributed by atoms with van der Waals surface area (Å²) in [5, 5.41) is 17.4. The fourth-order valence-electron chi connectivity index (χ4n) is 15.4. The Morgan fingerprint density at radius 2 is 1.20 bits per heavy atom. The molecule has 0 bridgehead atoms. The van der Waals surface area contributed by atoms with Gasteiger partial charge in [0.1, 0.15) is 0 Å². The molecule has 264 valence electrons. The van der Waals surface area contributed by atoms with Crippen LogP contribution in [0.3, 0.4) is 0 Å². The summed E-state index contributed by atoms with van der Waals surface area (Å²) >= 11 is 0. The summed E-state index contributed by atoms with van der Waals surface area (Å²) < 4.78 is 0. The molecular weight excluding hydrogens is 560 g/mol. The molecule has 8 saturated carbocycles. The minimum Gasteiger partial charge on any atom is -0.393 e. The van der Waals surface area contributed by atoms with E-state index in [2.05, 4.69) is 51.6 Å². The Kier molecular flexibility index (Phi) is 10.9. The lowest BCUT2D eigenvalue weighted by molar-refractivity contribution is -0.0797. The van der Waals surface area contributed by atoms with Gasteiger partial charge in [-0.05, 0) is 219 Å². The molecule has 8 aliphatic rings. The van der Waals surface area contributed by atoms with Gasteiger partial charge in [0.25, 0.3) is 0 Å². The van der Waals surface area contributed by atoms with Crippen LogP contribution in [0, 0.1) is 75.9 Å². The number of rotatable bonds is 3. The predicted molar refractivity (Wildman–Crippen MR) is 196 cm³/mol. The molecular formula is C43H76N2O. The Labute approximate surface area is 285 Å². The zero-order chi connectivity index (χ0) is 31.5. The van der Waals surface area contributed by atoms with Crippen LogP contribution in [0.25, 0.3) is 0 Å². The van der Waals surface area contributed by atoms with Crippen LogP contribution in [-0.4, -0.2) is 37.4 Å². The average Bonchev–Trinajstić information content (AvgIpc) is 3.60. The largest absolute Gasteiger partial charge is 0.393 e. The summed E-state index contributed by atoms with van der Waals surface area (Å²) in [7, 11) is 4.32. The summed E-state index contributed by atoms with van der Waals surface area (Å²) in [5.74, 6) is 10.7. The van der Waals surface area contributed by atoms with E-state index in [1.54, 1.807) is 12.0 Å². The van der Waals surface area contributed by atoms with E-state index in [0.717, 1.165) is 71.3 Å². The van der Waals surface area contributed by atoms with Gasteiger partial charge in [-0.3, -0.25) is 0 Å². The molecule has 0 heterocycles. The first kappa shape index (κ1) is 35.4. The SMILES string of the molecule is C.CC=C1CC[C@H]2[C@@H]3CC[C@@H]4C[C@H](NC)CC[C@@H]4[C@H]3CC[C@]12C.CN[C@@H]1CC[C@H]2[C@H](CC[C@@H]3[C@@H]2CC[C@]2(C)C(C(C)O)CC[C@@H]32)C1. The number of hydrogen-bond donors (Lipinski definition) is 3. The van der Waals surface area contributed by atoms with Crippen molar-refractivity contribution in [3.8, 4) is 0 Å². The van der Waals surface area contributed by atoms with Gasteiger partial charge in [-0.25, -0.2) is 0 Å². The topological polar surface area (TPSA) is 44.3 Å². The van der Waals surface area contributed by atoms with Crippen molar-refractivity contribution in [1.82, 2.24) is 10.6 Å². The molecule has 0 aliphatic heterocycles. The van der Waals surface area contributed by atoms with Crippen molar-refractivity contribution in [2.45, 2.75) is 169 Å². The van der Waals surface area contributed by atoms with Crippen molar-refractivity contribution in [2.24, 2.45) is 75.9 Å². The zero-order valence-electron chi connectivity index (χ0n) is 30.3. The highest BCUT2D eigenvalue weighted by Crippen LogP contribution is 2.66. The fraction of sp³-hybridized carbons (Fsp3) is 0.953. The highest BCUT2D eigenvalue weighted by molar-refractivity contribution is 5.23. The third-order valence-electron chi connectivity index (χ3n) is 17.6. The zero-order valence-corrected chi connectivity index (χ0v) is 30.3. The number of aliphatic hydroxyl groups excluding tert-OH is 1. The second kappa shape index (κ2) is 14.1. The van der Waals surface area contributed by atoms with Gasteiger partial charge in [0.15, 0.2) is 0 Å². The van der Waals surface area contributed by atoms with Gasteiger partial charge >= 0.3 is 0 Å². The molecule has 46 heavy (non-hydrogen) atoms. The van der Waals surface area contributed by atoms with E-state index in [0.29, 0.717) is 16.7 Å². The van der Waals surface area contributed by atoms with Crippen molar-refractivity contribution in [2.75, 3.05) is 14.1 Å². The molecule has 0 aromatic rings. The van der Waals surface area contributed by atoms with Gasteiger partial charge in [0.05, 0.1) is 6.10 Å². The lowest BCUT2D eigenvalue weighted by Crippen LogP contribution is -2.50. The number of aliphatic hydroxyl groups is 1. The highest BCUT2D eigenvalue weighted by atomic mass is 16.3. The monoisotopic (exact) mass is 637 g/mol. The van der Waals surface area contributed by atoms with Crippen LogP contribution >= 0.6 is 0 Å². The molecule has 3 nitrogen and oxygen atoms in total. The summed E-state index contributed by atoms with van der Waals surface area (Å²) in [6, 6.07) is 1.60. The minimum absolute atomic E-state index is 0. The second-order valence-corrected chi connectivity index (χ2v) is 18.7. The Bertz CT molecular complexity index is 1050. The number of hydrogen-bond acceptors (Lipinski definition) is 3. The van der Waals surface area contributed by atoms with E-state index < -0.39 is 0 Å². The van der Waals surface area contributed by atoms with Crippen LogP contribution in [-0.2, 0) is 0 Å². The smallest absolute Gasteiger partial charge is 0.0545 e. The second-order valence-electron chi connectivity index (χ2n) is 18.7. The molecule has 8 fully saturated rings. The molecule has 8 rings (SSSR count). The van der Waals surface area contributed by atoms with Crippen LogP contribution in [0.4, 0.5) is 0 Å². The molecule has 0 radical (unpaired) electrons. The van der Waals surface area contributed by atoms with Crippen LogP contribution < -0.4 is 10.6 Å². The van der Waals surface area contributed by atoms with Gasteiger partial charge in [-0.15, -0.1) is 0 Å². The molecule has 0 saturated heterocycles. The molecule has 0 amide bonds. The van der Waals surface area contributed by atoms with Crippen LogP contribution in [0.15, 0.2) is 11.6 Å². The summed E-state index contributed by atoms with van der Waals surface area (Å²) in [6.07, 6.45) is 28.5. The maximum Gasteiger partial charge on any atom is 0.0545 e. The minimum atomic E-state index is -0.107. The quantitative estimate of drug-likeness (QED) is 0.270. The summed E-state index contributed by atoms with van der Waals surface area (Å²) in [6.45, 7) is 9.47. The van der Waals surface area contributed by atoms with Crippen molar-refractivity contribution in [1.29, 1.82) is 0 Å². The molecule has 0 aromatic carbocycles. The molecule has 3 heteroatoms. The normalized spacial score (nSPS) is 52.3. The maximum absolute atomic E-state index is 10.3. The van der Waals surface area contributed by atoms with Gasteiger partial charge in [-0.1, -0.05) is 32.9 Å². The Balaban J connectivity index is 0.000000158. The van der Waals surface area contributed by atoms with Crippen molar-refractivity contribution in [3.63, 3.8) is 0 Å². The van der Waals surface area contributed by atoms with Crippen molar-refractivity contribution in [3.05, 3.63) is 11.6 Å². The van der Waals surface area contributed by atoms with Gasteiger partial charge in [0.2, 0.25) is 0 Å².